The van der Waals surface area contributed by atoms with Crippen LogP contribution < -0.4 is 4.74 Å². The number of hydrogen-bond donors (Lipinski definition) is 0. The van der Waals surface area contributed by atoms with E-state index in [1.165, 1.54) is 44.0 Å². The lowest BCUT2D eigenvalue weighted by molar-refractivity contribution is 0.173. The SMILES string of the molecule is Clc1ccc(-c2nsc3cc(OCCCCN4CCC4)ccc23)cc1. The molecule has 0 amide bonds. The van der Waals surface area contributed by atoms with Gasteiger partial charge in [0.2, 0.25) is 0 Å². The lowest BCUT2D eigenvalue weighted by Crippen LogP contribution is -2.37. The highest BCUT2D eigenvalue weighted by Gasteiger charge is 2.12. The summed E-state index contributed by atoms with van der Waals surface area (Å²) in [5.41, 5.74) is 2.10. The number of unbranched alkanes of at least 4 members (excludes halogenated alkanes) is 1. The summed E-state index contributed by atoms with van der Waals surface area (Å²) in [5, 5.41) is 1.91. The van der Waals surface area contributed by atoms with Gasteiger partial charge in [-0.05, 0) is 80.8 Å². The average Bonchev–Trinajstić information content (AvgIpc) is 3.00. The molecule has 5 heteroatoms. The first kappa shape index (κ1) is 16.8. The van der Waals surface area contributed by atoms with E-state index in [0.29, 0.717) is 0 Å². The van der Waals surface area contributed by atoms with Gasteiger partial charge < -0.3 is 9.64 Å². The van der Waals surface area contributed by atoms with Crippen molar-refractivity contribution in [2.45, 2.75) is 19.3 Å². The van der Waals surface area contributed by atoms with Gasteiger partial charge in [-0.2, -0.15) is 4.37 Å². The van der Waals surface area contributed by atoms with Crippen molar-refractivity contribution in [3.63, 3.8) is 0 Å². The van der Waals surface area contributed by atoms with E-state index in [4.69, 9.17) is 16.3 Å². The molecule has 1 aromatic heterocycles. The minimum Gasteiger partial charge on any atom is -0.494 e. The first-order valence-corrected chi connectivity index (χ1v) is 9.95. The number of benzene rings is 2. The Balaban J connectivity index is 1.38. The third-order valence-corrected chi connectivity index (χ3v) is 5.71. The zero-order chi connectivity index (χ0) is 17.1. The van der Waals surface area contributed by atoms with Crippen LogP contribution in [0.25, 0.3) is 21.3 Å². The standard InChI is InChI=1S/C20H21ClN2OS/c21-16-6-4-15(5-7-16)20-18-9-8-17(14-19(18)25-22-20)24-13-2-1-10-23-11-3-12-23/h4-9,14H,1-3,10-13H2. The lowest BCUT2D eigenvalue weighted by atomic mass is 10.1. The number of fused-ring (bicyclic) bond motifs is 1. The Labute approximate surface area is 157 Å². The Morgan fingerprint density at radius 2 is 1.92 bits per heavy atom. The maximum absolute atomic E-state index is 5.97. The molecule has 130 valence electrons. The molecule has 0 spiro atoms. The molecule has 0 N–H and O–H groups in total. The zero-order valence-corrected chi connectivity index (χ0v) is 15.7. The van der Waals surface area contributed by atoms with E-state index < -0.39 is 0 Å². The van der Waals surface area contributed by atoms with E-state index in [1.807, 2.05) is 30.3 Å². The van der Waals surface area contributed by atoms with Crippen molar-refractivity contribution in [1.82, 2.24) is 9.27 Å². The highest BCUT2D eigenvalue weighted by atomic mass is 35.5. The summed E-state index contributed by atoms with van der Waals surface area (Å²) in [4.78, 5) is 2.50. The molecule has 0 atom stereocenters. The fraction of sp³-hybridized carbons (Fsp3) is 0.350. The molecular formula is C20H21ClN2OS. The zero-order valence-electron chi connectivity index (χ0n) is 14.1. The van der Waals surface area contributed by atoms with E-state index in [-0.39, 0.29) is 0 Å². The van der Waals surface area contributed by atoms with Gasteiger partial charge in [0.15, 0.2) is 0 Å². The predicted molar refractivity (Wildman–Crippen MR) is 106 cm³/mol. The number of hydrogen-bond acceptors (Lipinski definition) is 4. The van der Waals surface area contributed by atoms with Crippen LogP contribution >= 0.6 is 23.1 Å². The highest BCUT2D eigenvalue weighted by Crippen LogP contribution is 2.33. The van der Waals surface area contributed by atoms with Crippen molar-refractivity contribution < 1.29 is 4.74 Å². The third kappa shape index (κ3) is 3.97. The van der Waals surface area contributed by atoms with E-state index in [9.17, 15) is 0 Å². The molecule has 0 radical (unpaired) electrons. The minimum atomic E-state index is 0.744. The summed E-state index contributed by atoms with van der Waals surface area (Å²) in [7, 11) is 0. The van der Waals surface area contributed by atoms with Gasteiger partial charge in [0.25, 0.3) is 0 Å². The first-order valence-electron chi connectivity index (χ1n) is 8.80. The van der Waals surface area contributed by atoms with Gasteiger partial charge >= 0.3 is 0 Å². The summed E-state index contributed by atoms with van der Waals surface area (Å²) in [6.07, 6.45) is 3.68. The van der Waals surface area contributed by atoms with E-state index in [2.05, 4.69) is 21.4 Å². The molecule has 3 aromatic rings. The Hall–Kier alpha value is -1.62. The number of likely N-dealkylation sites (tertiary alicyclic amines) is 1. The molecule has 2 heterocycles. The summed E-state index contributed by atoms with van der Waals surface area (Å²) in [6.45, 7) is 4.54. The molecule has 1 aliphatic heterocycles. The van der Waals surface area contributed by atoms with Crippen molar-refractivity contribution in [3.8, 4) is 17.0 Å². The molecule has 3 nitrogen and oxygen atoms in total. The molecule has 1 aliphatic rings. The number of ether oxygens (including phenoxy) is 1. The van der Waals surface area contributed by atoms with Crippen molar-refractivity contribution in [2.75, 3.05) is 26.2 Å². The lowest BCUT2D eigenvalue weighted by Gasteiger charge is -2.30. The molecule has 0 saturated carbocycles. The summed E-state index contributed by atoms with van der Waals surface area (Å²) < 4.78 is 11.7. The quantitative estimate of drug-likeness (QED) is 0.513. The van der Waals surface area contributed by atoms with Gasteiger partial charge in [0.05, 0.1) is 17.0 Å². The second kappa shape index (κ2) is 7.73. The Morgan fingerprint density at radius 1 is 1.08 bits per heavy atom. The maximum atomic E-state index is 5.97. The summed E-state index contributed by atoms with van der Waals surface area (Å²) in [5.74, 6) is 0.933. The van der Waals surface area contributed by atoms with Crippen LogP contribution in [0.15, 0.2) is 42.5 Å². The van der Waals surface area contributed by atoms with Gasteiger partial charge in [0, 0.05) is 16.0 Å². The van der Waals surface area contributed by atoms with Gasteiger partial charge in [-0.25, -0.2) is 0 Å². The largest absolute Gasteiger partial charge is 0.494 e. The maximum Gasteiger partial charge on any atom is 0.120 e. The fourth-order valence-corrected chi connectivity index (χ4v) is 4.01. The Bertz CT molecular complexity index is 843. The minimum absolute atomic E-state index is 0.744. The van der Waals surface area contributed by atoms with Crippen molar-refractivity contribution >= 4 is 33.2 Å². The molecule has 0 aliphatic carbocycles. The van der Waals surface area contributed by atoms with Crippen LogP contribution in [0.3, 0.4) is 0 Å². The van der Waals surface area contributed by atoms with Crippen LogP contribution in [-0.2, 0) is 0 Å². The van der Waals surface area contributed by atoms with Crippen LogP contribution in [0.5, 0.6) is 5.75 Å². The van der Waals surface area contributed by atoms with Crippen LogP contribution in [0.1, 0.15) is 19.3 Å². The van der Waals surface area contributed by atoms with Gasteiger partial charge in [-0.3, -0.25) is 0 Å². The Morgan fingerprint density at radius 3 is 2.68 bits per heavy atom. The fourth-order valence-electron chi connectivity index (χ4n) is 3.06. The summed E-state index contributed by atoms with van der Waals surface area (Å²) in [6, 6.07) is 14.1. The highest BCUT2D eigenvalue weighted by molar-refractivity contribution is 7.13. The van der Waals surface area contributed by atoms with E-state index in [0.717, 1.165) is 45.1 Å². The molecule has 0 unspecified atom stereocenters. The van der Waals surface area contributed by atoms with E-state index >= 15 is 0 Å². The number of halogens is 1. The van der Waals surface area contributed by atoms with Crippen LogP contribution in [-0.4, -0.2) is 35.5 Å². The molecule has 2 aromatic carbocycles. The topological polar surface area (TPSA) is 25.4 Å². The second-order valence-corrected chi connectivity index (χ2v) is 7.69. The Kier molecular flexibility index (Phi) is 5.20. The van der Waals surface area contributed by atoms with E-state index in [1.54, 1.807) is 0 Å². The molecule has 4 rings (SSSR count). The van der Waals surface area contributed by atoms with Crippen molar-refractivity contribution in [1.29, 1.82) is 0 Å². The number of rotatable bonds is 7. The predicted octanol–water partition coefficient (Wildman–Crippen LogP) is 5.48. The van der Waals surface area contributed by atoms with Crippen molar-refractivity contribution in [2.24, 2.45) is 0 Å². The molecule has 1 fully saturated rings. The van der Waals surface area contributed by atoms with Crippen LogP contribution in [0.2, 0.25) is 5.02 Å². The van der Waals surface area contributed by atoms with Crippen LogP contribution in [0.4, 0.5) is 0 Å². The van der Waals surface area contributed by atoms with Crippen molar-refractivity contribution in [3.05, 3.63) is 47.5 Å². The first-order chi connectivity index (χ1) is 12.3. The smallest absolute Gasteiger partial charge is 0.120 e. The third-order valence-electron chi connectivity index (χ3n) is 4.65. The van der Waals surface area contributed by atoms with Gasteiger partial charge in [-0.1, -0.05) is 23.7 Å². The summed E-state index contributed by atoms with van der Waals surface area (Å²) >= 11 is 7.49. The van der Waals surface area contributed by atoms with Crippen LogP contribution in [0, 0.1) is 0 Å². The molecular weight excluding hydrogens is 352 g/mol. The monoisotopic (exact) mass is 372 g/mol. The normalized spacial score (nSPS) is 14.6. The van der Waals surface area contributed by atoms with Gasteiger partial charge in [0.1, 0.15) is 5.75 Å². The number of aromatic nitrogens is 1. The average molecular weight is 373 g/mol. The molecule has 1 saturated heterocycles. The second-order valence-electron chi connectivity index (χ2n) is 6.45. The van der Waals surface area contributed by atoms with Gasteiger partial charge in [-0.15, -0.1) is 0 Å². The molecule has 25 heavy (non-hydrogen) atoms. The molecule has 0 bridgehead atoms. The number of nitrogens with zero attached hydrogens (tertiary/aromatic N) is 2.